The molecular formula is C27H37N3O6S2. The van der Waals surface area contributed by atoms with Crippen LogP contribution in [0.2, 0.25) is 0 Å². The molecule has 38 heavy (non-hydrogen) atoms. The molecule has 4 rings (SSSR count). The Kier molecular flexibility index (Phi) is 9.45. The molecule has 2 N–H and O–H groups in total. The Hall–Kier alpha value is -2.47. The van der Waals surface area contributed by atoms with Gasteiger partial charge in [-0.25, -0.2) is 21.6 Å². The number of hydrogen-bond donors (Lipinski definition) is 2. The van der Waals surface area contributed by atoms with E-state index in [9.17, 15) is 21.6 Å². The van der Waals surface area contributed by atoms with Crippen molar-refractivity contribution in [3.8, 4) is 5.75 Å². The summed E-state index contributed by atoms with van der Waals surface area (Å²) in [7, 11) is -7.04. The van der Waals surface area contributed by atoms with Crippen LogP contribution in [0.5, 0.6) is 5.75 Å². The molecule has 2 fully saturated rings. The van der Waals surface area contributed by atoms with Crippen molar-refractivity contribution < 1.29 is 26.4 Å². The minimum absolute atomic E-state index is 0.0189. The number of aryl methyl sites for hydroxylation is 1. The molecule has 2 aliphatic rings. The predicted octanol–water partition coefficient (Wildman–Crippen LogP) is 3.13. The van der Waals surface area contributed by atoms with Gasteiger partial charge in [-0.05, 0) is 80.5 Å². The Labute approximate surface area is 226 Å². The van der Waals surface area contributed by atoms with Gasteiger partial charge in [-0.3, -0.25) is 4.79 Å². The first-order valence-electron chi connectivity index (χ1n) is 13.3. The van der Waals surface area contributed by atoms with Crippen molar-refractivity contribution in [2.45, 2.75) is 74.1 Å². The maximum Gasteiger partial charge on any atom is 0.257 e. The predicted molar refractivity (Wildman–Crippen MR) is 145 cm³/mol. The fourth-order valence-corrected chi connectivity index (χ4v) is 7.81. The van der Waals surface area contributed by atoms with E-state index >= 15 is 0 Å². The largest absolute Gasteiger partial charge is 0.484 e. The van der Waals surface area contributed by atoms with Gasteiger partial charge in [-0.1, -0.05) is 31.4 Å². The summed E-state index contributed by atoms with van der Waals surface area (Å²) in [6.07, 6.45) is 7.29. The molecule has 2 aromatic rings. The normalized spacial score (nSPS) is 17.4. The number of sulfonamides is 2. The topological polar surface area (TPSA) is 122 Å². The molecule has 1 amide bonds. The van der Waals surface area contributed by atoms with E-state index in [1.807, 2.05) is 0 Å². The Morgan fingerprint density at radius 3 is 2.24 bits per heavy atom. The van der Waals surface area contributed by atoms with Crippen LogP contribution in [0.3, 0.4) is 0 Å². The molecule has 1 saturated carbocycles. The average molecular weight is 564 g/mol. The summed E-state index contributed by atoms with van der Waals surface area (Å²) in [4.78, 5) is 12.8. The second kappa shape index (κ2) is 12.6. The molecule has 1 saturated heterocycles. The van der Waals surface area contributed by atoms with Gasteiger partial charge in [0.1, 0.15) is 5.75 Å². The summed E-state index contributed by atoms with van der Waals surface area (Å²) in [5, 5.41) is 2.80. The van der Waals surface area contributed by atoms with Gasteiger partial charge in [0.25, 0.3) is 5.91 Å². The Morgan fingerprint density at radius 1 is 0.921 bits per heavy atom. The van der Waals surface area contributed by atoms with Crippen molar-refractivity contribution >= 4 is 26.0 Å². The van der Waals surface area contributed by atoms with E-state index in [4.69, 9.17) is 4.74 Å². The van der Waals surface area contributed by atoms with Gasteiger partial charge in [0.15, 0.2) is 6.61 Å². The first-order chi connectivity index (χ1) is 18.1. The summed E-state index contributed by atoms with van der Waals surface area (Å²) in [6, 6.07) is 11.4. The van der Waals surface area contributed by atoms with E-state index in [0.717, 1.165) is 50.5 Å². The van der Waals surface area contributed by atoms with Crippen molar-refractivity contribution in [1.29, 1.82) is 0 Å². The summed E-state index contributed by atoms with van der Waals surface area (Å²) >= 11 is 0. The highest BCUT2D eigenvalue weighted by Crippen LogP contribution is 2.24. The van der Waals surface area contributed by atoms with Crippen LogP contribution >= 0.6 is 0 Å². The lowest BCUT2D eigenvalue weighted by Crippen LogP contribution is -2.36. The Morgan fingerprint density at radius 2 is 1.58 bits per heavy atom. The molecule has 0 spiro atoms. The summed E-state index contributed by atoms with van der Waals surface area (Å²) in [5.41, 5.74) is 1.55. The number of nitrogens with one attached hydrogen (secondary N) is 2. The van der Waals surface area contributed by atoms with Gasteiger partial charge in [-0.15, -0.1) is 0 Å². The van der Waals surface area contributed by atoms with E-state index in [-0.39, 0.29) is 23.5 Å². The highest BCUT2D eigenvalue weighted by atomic mass is 32.2. The summed E-state index contributed by atoms with van der Waals surface area (Å²) in [5.74, 6) is 0.153. The molecule has 1 heterocycles. The number of rotatable bonds is 11. The molecule has 0 bridgehead atoms. The van der Waals surface area contributed by atoms with Crippen LogP contribution < -0.4 is 14.8 Å². The van der Waals surface area contributed by atoms with Crippen LogP contribution in [-0.4, -0.2) is 59.3 Å². The first-order valence-corrected chi connectivity index (χ1v) is 16.2. The van der Waals surface area contributed by atoms with Crippen LogP contribution in [0.1, 0.15) is 56.1 Å². The third kappa shape index (κ3) is 7.34. The van der Waals surface area contributed by atoms with E-state index in [1.165, 1.54) is 10.4 Å². The van der Waals surface area contributed by atoms with Gasteiger partial charge < -0.3 is 10.1 Å². The van der Waals surface area contributed by atoms with E-state index < -0.39 is 20.0 Å². The lowest BCUT2D eigenvalue weighted by Gasteiger charge is -2.22. The van der Waals surface area contributed by atoms with Crippen molar-refractivity contribution in [2.24, 2.45) is 0 Å². The molecule has 9 nitrogen and oxygen atoms in total. The number of benzene rings is 2. The minimum atomic E-state index is -3.60. The van der Waals surface area contributed by atoms with Crippen molar-refractivity contribution in [1.82, 2.24) is 14.3 Å². The third-order valence-electron chi connectivity index (χ3n) is 7.10. The fourth-order valence-electron chi connectivity index (χ4n) is 4.91. The van der Waals surface area contributed by atoms with Crippen LogP contribution in [-0.2, 0) is 31.3 Å². The number of carbonyl (C=O) groups is 1. The van der Waals surface area contributed by atoms with E-state index in [2.05, 4.69) is 10.0 Å². The van der Waals surface area contributed by atoms with E-state index in [1.54, 1.807) is 43.3 Å². The zero-order valence-corrected chi connectivity index (χ0v) is 23.5. The molecule has 0 unspecified atom stereocenters. The quantitative estimate of drug-likeness (QED) is 0.433. The molecule has 208 valence electrons. The van der Waals surface area contributed by atoms with Gasteiger partial charge >= 0.3 is 0 Å². The zero-order valence-electron chi connectivity index (χ0n) is 21.8. The van der Waals surface area contributed by atoms with E-state index in [0.29, 0.717) is 42.3 Å². The zero-order chi connectivity index (χ0) is 27.2. The lowest BCUT2D eigenvalue weighted by molar-refractivity contribution is -0.123. The monoisotopic (exact) mass is 563 g/mol. The molecule has 0 aromatic heterocycles. The van der Waals surface area contributed by atoms with Gasteiger partial charge in [0.05, 0.1) is 9.79 Å². The molecule has 1 aliphatic heterocycles. The van der Waals surface area contributed by atoms with Crippen molar-refractivity contribution in [3.05, 3.63) is 53.6 Å². The highest BCUT2D eigenvalue weighted by molar-refractivity contribution is 7.89. The standard InChI is InChI=1S/C27H37N3O6S2/c1-21-19-25(37(32,33)29-23-7-3-2-4-8-23)13-14-26(21)36-20-27(31)28-16-15-22-9-11-24(12-10-22)38(34,35)30-17-5-6-18-30/h9-14,19,23,29H,2-8,15-18,20H2,1H3,(H,28,31). The highest BCUT2D eigenvalue weighted by Gasteiger charge is 2.27. The second-order valence-electron chi connectivity index (χ2n) is 10.0. The van der Waals surface area contributed by atoms with Gasteiger partial charge in [0, 0.05) is 25.7 Å². The number of ether oxygens (including phenoxy) is 1. The number of amides is 1. The molecular weight excluding hydrogens is 526 g/mol. The molecule has 0 atom stereocenters. The maximum absolute atomic E-state index is 12.7. The molecule has 11 heteroatoms. The lowest BCUT2D eigenvalue weighted by atomic mass is 9.96. The maximum atomic E-state index is 12.7. The summed E-state index contributed by atoms with van der Waals surface area (Å²) < 4.78 is 60.7. The van der Waals surface area contributed by atoms with Crippen LogP contribution in [0.25, 0.3) is 0 Å². The average Bonchev–Trinajstić information content (AvgIpc) is 3.45. The smallest absolute Gasteiger partial charge is 0.257 e. The molecule has 0 radical (unpaired) electrons. The SMILES string of the molecule is Cc1cc(S(=O)(=O)NC2CCCCC2)ccc1OCC(=O)NCCc1ccc(S(=O)(=O)N2CCCC2)cc1. The van der Waals surface area contributed by atoms with Crippen molar-refractivity contribution in [3.63, 3.8) is 0 Å². The molecule has 2 aromatic carbocycles. The van der Waals surface area contributed by atoms with Crippen molar-refractivity contribution in [2.75, 3.05) is 26.2 Å². The Bertz CT molecular complexity index is 1320. The third-order valence-corrected chi connectivity index (χ3v) is 10.5. The number of carbonyl (C=O) groups excluding carboxylic acids is 1. The second-order valence-corrected chi connectivity index (χ2v) is 13.7. The van der Waals surface area contributed by atoms with Crippen LogP contribution in [0.15, 0.2) is 52.3 Å². The minimum Gasteiger partial charge on any atom is -0.484 e. The number of nitrogens with zero attached hydrogens (tertiary/aromatic N) is 1. The first kappa shape index (κ1) is 28.5. The van der Waals surface area contributed by atoms with Gasteiger partial charge in [0.2, 0.25) is 20.0 Å². The Balaban J connectivity index is 1.22. The van der Waals surface area contributed by atoms with Gasteiger partial charge in [-0.2, -0.15) is 4.31 Å². The van der Waals surface area contributed by atoms with Crippen LogP contribution in [0.4, 0.5) is 0 Å². The summed E-state index contributed by atoms with van der Waals surface area (Å²) in [6.45, 7) is 3.07. The fraction of sp³-hybridized carbons (Fsp3) is 0.519. The number of hydrogen-bond acceptors (Lipinski definition) is 6. The van der Waals surface area contributed by atoms with Crippen LogP contribution in [0, 0.1) is 6.92 Å². The molecule has 1 aliphatic carbocycles.